The lowest BCUT2D eigenvalue weighted by Gasteiger charge is -2.10. The summed E-state index contributed by atoms with van der Waals surface area (Å²) in [6, 6.07) is 6.01. The number of fused-ring (bicyclic) bond motifs is 1. The molecule has 0 aliphatic carbocycles. The third-order valence-electron chi connectivity index (χ3n) is 3.14. The van der Waals surface area contributed by atoms with Gasteiger partial charge in [0.15, 0.2) is 5.96 Å². The Hall–Kier alpha value is -1.35. The monoisotopic (exact) mass is 431 g/mol. The lowest BCUT2D eigenvalue weighted by Crippen LogP contribution is -2.38. The number of aromatic nitrogens is 2. The summed E-state index contributed by atoms with van der Waals surface area (Å²) in [6.07, 6.45) is 4.94. The summed E-state index contributed by atoms with van der Waals surface area (Å²) in [5, 5.41) is 6.55. The quantitative estimate of drug-likeness (QED) is 0.291. The second kappa shape index (κ2) is 11.2. The van der Waals surface area contributed by atoms with Gasteiger partial charge in [-0.25, -0.2) is 4.98 Å². The van der Waals surface area contributed by atoms with Crippen molar-refractivity contribution < 1.29 is 4.74 Å². The van der Waals surface area contributed by atoms with Crippen molar-refractivity contribution in [2.45, 2.75) is 20.3 Å². The van der Waals surface area contributed by atoms with E-state index in [2.05, 4.69) is 33.7 Å². The first-order valence-electron chi connectivity index (χ1n) is 7.86. The number of hydrogen-bond acceptors (Lipinski definition) is 3. The van der Waals surface area contributed by atoms with E-state index in [0.717, 1.165) is 43.4 Å². The average molecular weight is 431 g/mol. The van der Waals surface area contributed by atoms with Gasteiger partial charge in [0.1, 0.15) is 5.65 Å². The van der Waals surface area contributed by atoms with E-state index >= 15 is 0 Å². The van der Waals surface area contributed by atoms with E-state index in [1.165, 1.54) is 0 Å². The van der Waals surface area contributed by atoms with Crippen LogP contribution in [0.4, 0.5) is 0 Å². The van der Waals surface area contributed by atoms with Crippen LogP contribution in [0.25, 0.3) is 5.65 Å². The zero-order valence-electron chi connectivity index (χ0n) is 13.8. The third-order valence-corrected chi connectivity index (χ3v) is 3.14. The molecule has 0 fully saturated rings. The molecule has 23 heavy (non-hydrogen) atoms. The number of aliphatic imine (C=N–C) groups is 1. The highest BCUT2D eigenvalue weighted by Crippen LogP contribution is 2.04. The molecule has 2 heterocycles. The molecule has 7 heteroatoms. The van der Waals surface area contributed by atoms with Gasteiger partial charge in [-0.1, -0.05) is 6.07 Å². The SMILES string of the molecule is CCNC(=NCCOCC)NCCc1cn2ccccc2n1.I. The van der Waals surface area contributed by atoms with Crippen LogP contribution < -0.4 is 10.6 Å². The minimum atomic E-state index is 0. The summed E-state index contributed by atoms with van der Waals surface area (Å²) < 4.78 is 7.33. The Balaban J connectivity index is 0.00000264. The van der Waals surface area contributed by atoms with Crippen LogP contribution in [-0.4, -0.2) is 48.2 Å². The van der Waals surface area contributed by atoms with Crippen LogP contribution in [-0.2, 0) is 11.2 Å². The van der Waals surface area contributed by atoms with Crippen LogP contribution in [0.1, 0.15) is 19.5 Å². The highest BCUT2D eigenvalue weighted by molar-refractivity contribution is 14.0. The molecule has 128 valence electrons. The van der Waals surface area contributed by atoms with Gasteiger partial charge in [0.25, 0.3) is 0 Å². The van der Waals surface area contributed by atoms with Crippen molar-refractivity contribution in [2.24, 2.45) is 4.99 Å². The maximum Gasteiger partial charge on any atom is 0.191 e. The molecule has 0 aliphatic heterocycles. The predicted octanol–water partition coefficient (Wildman–Crippen LogP) is 2.09. The molecule has 0 bridgehead atoms. The minimum Gasteiger partial charge on any atom is -0.380 e. The molecule has 0 unspecified atom stereocenters. The molecule has 0 saturated carbocycles. The second-order valence-electron chi connectivity index (χ2n) is 4.83. The first-order chi connectivity index (χ1) is 10.8. The largest absolute Gasteiger partial charge is 0.380 e. The molecule has 0 amide bonds. The Kier molecular flexibility index (Phi) is 9.61. The number of rotatable bonds is 8. The number of halogens is 1. The fourth-order valence-electron chi connectivity index (χ4n) is 2.12. The number of nitrogens with one attached hydrogen (secondary N) is 2. The van der Waals surface area contributed by atoms with Crippen LogP contribution >= 0.6 is 24.0 Å². The Morgan fingerprint density at radius 1 is 1.30 bits per heavy atom. The van der Waals surface area contributed by atoms with E-state index in [-0.39, 0.29) is 24.0 Å². The molecule has 0 saturated heterocycles. The summed E-state index contributed by atoms with van der Waals surface area (Å²) in [6.45, 7) is 7.73. The van der Waals surface area contributed by atoms with Crippen molar-refractivity contribution in [1.82, 2.24) is 20.0 Å². The van der Waals surface area contributed by atoms with Gasteiger partial charge < -0.3 is 19.8 Å². The predicted molar refractivity (Wildman–Crippen MR) is 105 cm³/mol. The van der Waals surface area contributed by atoms with Gasteiger partial charge in [-0.2, -0.15) is 0 Å². The van der Waals surface area contributed by atoms with Crippen molar-refractivity contribution in [3.8, 4) is 0 Å². The summed E-state index contributed by atoms with van der Waals surface area (Å²) in [5.74, 6) is 0.825. The Morgan fingerprint density at radius 3 is 2.91 bits per heavy atom. The summed E-state index contributed by atoms with van der Waals surface area (Å²) in [4.78, 5) is 9.05. The second-order valence-corrected chi connectivity index (χ2v) is 4.83. The Labute approximate surface area is 154 Å². The third kappa shape index (κ3) is 6.74. The Bertz CT molecular complexity index is 566. The van der Waals surface area contributed by atoms with Crippen molar-refractivity contribution >= 4 is 35.6 Å². The summed E-state index contributed by atoms with van der Waals surface area (Å²) in [7, 11) is 0. The van der Waals surface area contributed by atoms with Crippen molar-refractivity contribution in [3.05, 3.63) is 36.3 Å². The fourth-order valence-corrected chi connectivity index (χ4v) is 2.12. The molecule has 0 radical (unpaired) electrons. The first-order valence-corrected chi connectivity index (χ1v) is 7.86. The van der Waals surface area contributed by atoms with Gasteiger partial charge in [-0.3, -0.25) is 4.99 Å². The zero-order valence-corrected chi connectivity index (χ0v) is 16.1. The van der Waals surface area contributed by atoms with Crippen molar-refractivity contribution in [2.75, 3.05) is 32.8 Å². The molecule has 2 rings (SSSR count). The molecule has 0 atom stereocenters. The van der Waals surface area contributed by atoms with Gasteiger partial charge in [-0.15, -0.1) is 24.0 Å². The van der Waals surface area contributed by atoms with Crippen LogP contribution in [0.15, 0.2) is 35.6 Å². The van der Waals surface area contributed by atoms with Gasteiger partial charge in [0, 0.05) is 38.5 Å². The lowest BCUT2D eigenvalue weighted by molar-refractivity contribution is 0.155. The minimum absolute atomic E-state index is 0. The van der Waals surface area contributed by atoms with Crippen LogP contribution in [0.5, 0.6) is 0 Å². The maximum atomic E-state index is 5.29. The summed E-state index contributed by atoms with van der Waals surface area (Å²) >= 11 is 0. The lowest BCUT2D eigenvalue weighted by atomic mass is 10.3. The van der Waals surface area contributed by atoms with Crippen LogP contribution in [0, 0.1) is 0 Å². The smallest absolute Gasteiger partial charge is 0.191 e. The first kappa shape index (κ1) is 19.7. The molecule has 0 spiro atoms. The molecule has 2 aromatic heterocycles. The van der Waals surface area contributed by atoms with Gasteiger partial charge in [-0.05, 0) is 26.0 Å². The molecule has 0 aromatic carbocycles. The molecule has 6 nitrogen and oxygen atoms in total. The van der Waals surface area contributed by atoms with E-state index in [4.69, 9.17) is 4.74 Å². The van der Waals surface area contributed by atoms with Gasteiger partial charge in [0.2, 0.25) is 0 Å². The molecule has 2 aromatic rings. The molecule has 2 N–H and O–H groups in total. The number of pyridine rings is 1. The van der Waals surface area contributed by atoms with E-state index in [9.17, 15) is 0 Å². The maximum absolute atomic E-state index is 5.29. The number of guanidine groups is 1. The van der Waals surface area contributed by atoms with Crippen molar-refractivity contribution in [1.29, 1.82) is 0 Å². The summed E-state index contributed by atoms with van der Waals surface area (Å²) in [5.41, 5.74) is 2.05. The zero-order chi connectivity index (χ0) is 15.6. The van der Waals surface area contributed by atoms with Gasteiger partial charge >= 0.3 is 0 Å². The number of hydrogen-bond donors (Lipinski definition) is 2. The average Bonchev–Trinajstić information content (AvgIpc) is 2.94. The molecule has 0 aliphatic rings. The van der Waals surface area contributed by atoms with Crippen LogP contribution in [0.2, 0.25) is 0 Å². The van der Waals surface area contributed by atoms with E-state index in [1.807, 2.05) is 35.7 Å². The normalized spacial score (nSPS) is 11.3. The van der Waals surface area contributed by atoms with E-state index in [1.54, 1.807) is 0 Å². The van der Waals surface area contributed by atoms with Crippen molar-refractivity contribution in [3.63, 3.8) is 0 Å². The molecular formula is C16H26IN5O. The molecular weight excluding hydrogens is 405 g/mol. The number of nitrogens with zero attached hydrogens (tertiary/aromatic N) is 3. The topological polar surface area (TPSA) is 63.0 Å². The highest BCUT2D eigenvalue weighted by Gasteiger charge is 2.02. The van der Waals surface area contributed by atoms with Crippen LogP contribution in [0.3, 0.4) is 0 Å². The Morgan fingerprint density at radius 2 is 2.17 bits per heavy atom. The highest BCUT2D eigenvalue weighted by atomic mass is 127. The standard InChI is InChI=1S/C16H25N5O.HI/c1-3-17-16(19-10-12-22-4-2)18-9-8-14-13-21-11-6-5-7-15(21)20-14;/h5-7,11,13H,3-4,8-10,12H2,1-2H3,(H2,17,18,19);1H. The number of ether oxygens (including phenoxy) is 1. The van der Waals surface area contributed by atoms with E-state index in [0.29, 0.717) is 13.2 Å². The van der Waals surface area contributed by atoms with Gasteiger partial charge in [0.05, 0.1) is 18.8 Å². The number of imidazole rings is 1. The fraction of sp³-hybridized carbons (Fsp3) is 0.500. The van der Waals surface area contributed by atoms with E-state index < -0.39 is 0 Å².